The molecule has 1 aliphatic heterocycles. The predicted octanol–water partition coefficient (Wildman–Crippen LogP) is -1.84. The number of amides is 3. The number of aliphatic hydroxyl groups is 1. The highest BCUT2D eigenvalue weighted by molar-refractivity contribution is 5.94. The number of nitrogens with zero attached hydrogens (tertiary/aromatic N) is 1. The van der Waals surface area contributed by atoms with E-state index in [1.54, 1.807) is 12.1 Å². The summed E-state index contributed by atoms with van der Waals surface area (Å²) >= 11 is 0. The van der Waals surface area contributed by atoms with E-state index < -0.39 is 66.9 Å². The Balaban J connectivity index is 2.20. The largest absolute Gasteiger partial charge is 0.508 e. The highest BCUT2D eigenvalue weighted by atomic mass is 16.4. The first kappa shape index (κ1) is 27.5. The third-order valence-corrected chi connectivity index (χ3v) is 5.62. The second-order valence-electron chi connectivity index (χ2n) is 8.24. The second kappa shape index (κ2) is 12.7. The van der Waals surface area contributed by atoms with Crippen LogP contribution in [-0.4, -0.2) is 92.3 Å². The Labute approximate surface area is 200 Å². The lowest BCUT2D eigenvalue weighted by atomic mass is 10.0. The maximum atomic E-state index is 13.4. The molecule has 35 heavy (non-hydrogen) atoms. The number of aromatic hydroxyl groups is 1. The summed E-state index contributed by atoms with van der Waals surface area (Å²) in [5, 5.41) is 41.6. The van der Waals surface area contributed by atoms with E-state index >= 15 is 0 Å². The van der Waals surface area contributed by atoms with Gasteiger partial charge in [0.05, 0.1) is 6.61 Å². The van der Waals surface area contributed by atoms with Crippen molar-refractivity contribution in [3.8, 4) is 5.75 Å². The predicted molar refractivity (Wildman–Crippen MR) is 120 cm³/mol. The minimum atomic E-state index is -1.44. The summed E-state index contributed by atoms with van der Waals surface area (Å²) < 4.78 is 0. The van der Waals surface area contributed by atoms with E-state index in [-0.39, 0.29) is 31.6 Å². The van der Waals surface area contributed by atoms with Gasteiger partial charge < -0.3 is 41.7 Å². The zero-order valence-corrected chi connectivity index (χ0v) is 18.9. The van der Waals surface area contributed by atoms with Gasteiger partial charge in [-0.1, -0.05) is 12.1 Å². The molecular formula is C22H30N4O9. The van der Waals surface area contributed by atoms with E-state index in [4.69, 9.17) is 15.9 Å². The maximum absolute atomic E-state index is 13.4. The number of carbonyl (C=O) groups is 5. The zero-order valence-electron chi connectivity index (χ0n) is 18.9. The molecule has 1 aliphatic rings. The quantitative estimate of drug-likeness (QED) is 0.172. The summed E-state index contributed by atoms with van der Waals surface area (Å²) in [6.07, 6.45) is -0.0815. The Bertz CT molecular complexity index is 937. The molecule has 4 atom stereocenters. The summed E-state index contributed by atoms with van der Waals surface area (Å²) in [4.78, 5) is 62.0. The molecule has 13 nitrogen and oxygen atoms in total. The van der Waals surface area contributed by atoms with Crippen LogP contribution in [0.1, 0.15) is 31.2 Å². The number of aliphatic carboxylic acids is 2. The Hall–Kier alpha value is -3.71. The number of carboxylic acid groups (broad SMARTS) is 2. The number of likely N-dealkylation sites (tertiary alicyclic amines) is 1. The number of phenolic OH excluding ortho intramolecular Hbond substituents is 1. The van der Waals surface area contributed by atoms with E-state index in [0.717, 1.165) is 0 Å². The zero-order chi connectivity index (χ0) is 26.1. The molecule has 13 heteroatoms. The van der Waals surface area contributed by atoms with E-state index in [9.17, 15) is 34.2 Å². The Kier molecular flexibility index (Phi) is 9.97. The number of phenols is 1. The van der Waals surface area contributed by atoms with Crippen LogP contribution in [0.3, 0.4) is 0 Å². The normalized spacial score (nSPS) is 17.8. The third-order valence-electron chi connectivity index (χ3n) is 5.62. The molecule has 1 aromatic carbocycles. The molecule has 1 aromatic rings. The summed E-state index contributed by atoms with van der Waals surface area (Å²) in [6.45, 7) is -0.467. The molecule has 4 unspecified atom stereocenters. The maximum Gasteiger partial charge on any atom is 0.326 e. The molecule has 0 radical (unpaired) electrons. The Morgan fingerprint density at radius 1 is 1.06 bits per heavy atom. The first-order valence-corrected chi connectivity index (χ1v) is 11.0. The minimum absolute atomic E-state index is 0.00417. The lowest BCUT2D eigenvalue weighted by Gasteiger charge is -2.30. The molecule has 0 aliphatic carbocycles. The van der Waals surface area contributed by atoms with Gasteiger partial charge in [0.25, 0.3) is 0 Å². The molecule has 0 spiro atoms. The van der Waals surface area contributed by atoms with Gasteiger partial charge in [-0.15, -0.1) is 0 Å². The van der Waals surface area contributed by atoms with Gasteiger partial charge >= 0.3 is 11.9 Å². The average molecular weight is 495 g/mol. The van der Waals surface area contributed by atoms with Crippen LogP contribution in [0.2, 0.25) is 0 Å². The summed E-state index contributed by atoms with van der Waals surface area (Å²) in [5.41, 5.74) is 6.15. The first-order valence-electron chi connectivity index (χ1n) is 11.0. The molecular weight excluding hydrogens is 464 g/mol. The molecule has 192 valence electrons. The summed E-state index contributed by atoms with van der Waals surface area (Å²) in [7, 11) is 0. The number of aliphatic hydroxyl groups excluding tert-OH is 1. The van der Waals surface area contributed by atoms with Crippen LogP contribution in [0.4, 0.5) is 0 Å². The van der Waals surface area contributed by atoms with Gasteiger partial charge in [0.2, 0.25) is 17.7 Å². The monoisotopic (exact) mass is 494 g/mol. The average Bonchev–Trinajstić information content (AvgIpc) is 3.31. The van der Waals surface area contributed by atoms with Gasteiger partial charge in [-0.3, -0.25) is 19.2 Å². The Morgan fingerprint density at radius 3 is 2.29 bits per heavy atom. The number of hydrogen-bond donors (Lipinski definition) is 7. The van der Waals surface area contributed by atoms with Gasteiger partial charge in [-0.25, -0.2) is 4.79 Å². The van der Waals surface area contributed by atoms with E-state index in [1.165, 1.54) is 17.0 Å². The fraction of sp³-hybridized carbons (Fsp3) is 0.500. The summed E-state index contributed by atoms with van der Waals surface area (Å²) in [5.74, 6) is -4.72. The van der Waals surface area contributed by atoms with Crippen LogP contribution in [0, 0.1) is 0 Å². The fourth-order valence-electron chi connectivity index (χ4n) is 3.73. The van der Waals surface area contributed by atoms with E-state index in [2.05, 4.69) is 10.6 Å². The van der Waals surface area contributed by atoms with E-state index in [1.807, 2.05) is 0 Å². The second-order valence-corrected chi connectivity index (χ2v) is 8.24. The molecule has 1 fully saturated rings. The van der Waals surface area contributed by atoms with Crippen LogP contribution in [0.25, 0.3) is 0 Å². The molecule has 0 bridgehead atoms. The first-order chi connectivity index (χ1) is 16.5. The number of rotatable bonds is 12. The van der Waals surface area contributed by atoms with Crippen molar-refractivity contribution < 1.29 is 44.4 Å². The van der Waals surface area contributed by atoms with Crippen LogP contribution >= 0.6 is 0 Å². The van der Waals surface area contributed by atoms with Crippen molar-refractivity contribution in [1.82, 2.24) is 15.5 Å². The molecule has 1 heterocycles. The number of hydrogen-bond acceptors (Lipinski definition) is 8. The highest BCUT2D eigenvalue weighted by Crippen LogP contribution is 2.21. The molecule has 0 saturated carbocycles. The van der Waals surface area contributed by atoms with Gasteiger partial charge in [-0.05, 0) is 37.0 Å². The number of nitrogens with two attached hydrogens (primary N) is 1. The minimum Gasteiger partial charge on any atom is -0.508 e. The van der Waals surface area contributed by atoms with Crippen molar-refractivity contribution in [3.63, 3.8) is 0 Å². The molecule has 8 N–H and O–H groups in total. The van der Waals surface area contributed by atoms with Crippen LogP contribution < -0.4 is 16.4 Å². The van der Waals surface area contributed by atoms with E-state index in [0.29, 0.717) is 12.0 Å². The fourth-order valence-corrected chi connectivity index (χ4v) is 3.73. The van der Waals surface area contributed by atoms with Crippen molar-refractivity contribution in [3.05, 3.63) is 29.8 Å². The van der Waals surface area contributed by atoms with Crippen LogP contribution in [-0.2, 0) is 30.4 Å². The highest BCUT2D eigenvalue weighted by Gasteiger charge is 2.39. The molecule has 0 aromatic heterocycles. The number of carbonyl (C=O) groups excluding carboxylic acids is 3. The lowest BCUT2D eigenvalue weighted by Crippen LogP contribution is -2.57. The van der Waals surface area contributed by atoms with Gasteiger partial charge in [0.15, 0.2) is 0 Å². The van der Waals surface area contributed by atoms with Crippen molar-refractivity contribution >= 4 is 29.7 Å². The van der Waals surface area contributed by atoms with Crippen molar-refractivity contribution in [2.75, 3.05) is 13.2 Å². The van der Waals surface area contributed by atoms with Gasteiger partial charge in [0.1, 0.15) is 29.9 Å². The molecule has 1 saturated heterocycles. The number of benzene rings is 1. The van der Waals surface area contributed by atoms with Crippen molar-refractivity contribution in [2.24, 2.45) is 5.73 Å². The smallest absolute Gasteiger partial charge is 0.326 e. The van der Waals surface area contributed by atoms with Crippen molar-refractivity contribution in [2.45, 2.75) is 56.3 Å². The van der Waals surface area contributed by atoms with Crippen molar-refractivity contribution in [1.29, 1.82) is 0 Å². The van der Waals surface area contributed by atoms with Gasteiger partial charge in [0, 0.05) is 19.4 Å². The third kappa shape index (κ3) is 7.93. The summed E-state index contributed by atoms with van der Waals surface area (Å²) in [6, 6.07) is 1.06. The topological polar surface area (TPSA) is 220 Å². The number of nitrogens with one attached hydrogen (secondary N) is 2. The van der Waals surface area contributed by atoms with Crippen LogP contribution in [0.5, 0.6) is 5.75 Å². The number of carboxylic acids is 2. The Morgan fingerprint density at radius 2 is 1.71 bits per heavy atom. The van der Waals surface area contributed by atoms with Crippen LogP contribution in [0.15, 0.2) is 24.3 Å². The SMILES string of the molecule is NC(CO)C(=O)NC(Cc1ccc(O)cc1)C(=O)N1CCCC1C(=O)NC(CCC(=O)O)C(=O)O. The van der Waals surface area contributed by atoms with Gasteiger partial charge in [-0.2, -0.15) is 0 Å². The molecule has 3 amide bonds. The standard InChI is InChI=1S/C22H30N4O9/c23-14(11-27)19(31)25-16(10-12-3-5-13(28)6-4-12)21(33)26-9-1-2-17(26)20(32)24-15(22(34)35)7-8-18(29)30/h3-6,14-17,27-28H,1-2,7-11,23H2,(H,24,32)(H,25,31)(H,29,30)(H,34,35). The molecule has 2 rings (SSSR count). The lowest BCUT2D eigenvalue weighted by molar-refractivity contribution is -0.145.